The minimum atomic E-state index is 0. The van der Waals surface area contributed by atoms with Crippen LogP contribution in [0.1, 0.15) is 30.9 Å². The Bertz CT molecular complexity index is 651. The zero-order valence-corrected chi connectivity index (χ0v) is 17.3. The standard InChI is InChI=1S/C21H29N3.2ClH/c1-17-13-21(23(2)15-19-9-6-10-20(22)14-19)11-12-24(17)16-18-7-4-3-5-8-18;;/h3-10,14,17,21H,11-13,15-16,22H2,1-2H3;2*1H. The SMILES string of the molecule is CC1CC(N(C)Cc2cccc(N)c2)CCN1Cc1ccccc1.Cl.Cl. The van der Waals surface area contributed by atoms with Crippen LogP contribution in [0.4, 0.5) is 5.69 Å². The lowest BCUT2D eigenvalue weighted by molar-refractivity contribution is 0.0772. The third-order valence-electron chi connectivity index (χ3n) is 5.22. The topological polar surface area (TPSA) is 32.5 Å². The number of benzene rings is 2. The zero-order chi connectivity index (χ0) is 16.9. The summed E-state index contributed by atoms with van der Waals surface area (Å²) in [5.41, 5.74) is 9.47. The van der Waals surface area contributed by atoms with Crippen LogP contribution in [0, 0.1) is 0 Å². The highest BCUT2D eigenvalue weighted by Gasteiger charge is 2.27. The molecule has 2 atom stereocenters. The van der Waals surface area contributed by atoms with E-state index in [1.807, 2.05) is 12.1 Å². The van der Waals surface area contributed by atoms with E-state index in [-0.39, 0.29) is 24.8 Å². The van der Waals surface area contributed by atoms with Crippen LogP contribution in [-0.2, 0) is 13.1 Å². The molecule has 2 unspecified atom stereocenters. The molecule has 3 rings (SSSR count). The second kappa shape index (κ2) is 10.8. The molecular formula is C21H31Cl2N3. The number of rotatable bonds is 5. The van der Waals surface area contributed by atoms with Crippen molar-refractivity contribution >= 4 is 30.5 Å². The molecule has 2 aromatic rings. The van der Waals surface area contributed by atoms with Crippen LogP contribution in [0.2, 0.25) is 0 Å². The van der Waals surface area contributed by atoms with Gasteiger partial charge in [-0.25, -0.2) is 0 Å². The Hall–Kier alpha value is -1.26. The van der Waals surface area contributed by atoms with Gasteiger partial charge in [0, 0.05) is 37.4 Å². The van der Waals surface area contributed by atoms with Gasteiger partial charge in [-0.3, -0.25) is 9.80 Å². The van der Waals surface area contributed by atoms with Crippen LogP contribution < -0.4 is 5.73 Å². The fourth-order valence-corrected chi connectivity index (χ4v) is 3.76. The number of likely N-dealkylation sites (tertiary alicyclic amines) is 1. The fourth-order valence-electron chi connectivity index (χ4n) is 3.76. The van der Waals surface area contributed by atoms with Gasteiger partial charge < -0.3 is 5.73 Å². The predicted octanol–water partition coefficient (Wildman–Crippen LogP) is 4.60. The zero-order valence-electron chi connectivity index (χ0n) is 15.7. The number of hydrogen-bond acceptors (Lipinski definition) is 3. The molecule has 26 heavy (non-hydrogen) atoms. The van der Waals surface area contributed by atoms with Crippen molar-refractivity contribution in [2.24, 2.45) is 0 Å². The molecule has 2 N–H and O–H groups in total. The summed E-state index contributed by atoms with van der Waals surface area (Å²) >= 11 is 0. The van der Waals surface area contributed by atoms with Gasteiger partial charge in [0.15, 0.2) is 0 Å². The van der Waals surface area contributed by atoms with Crippen molar-refractivity contribution in [1.29, 1.82) is 0 Å². The number of hydrogen-bond donors (Lipinski definition) is 1. The van der Waals surface area contributed by atoms with Crippen molar-refractivity contribution in [3.8, 4) is 0 Å². The third kappa shape index (κ3) is 6.17. The Morgan fingerprint density at radius 2 is 1.73 bits per heavy atom. The number of nitrogens with zero attached hydrogens (tertiary/aromatic N) is 2. The van der Waals surface area contributed by atoms with Crippen LogP contribution in [0.25, 0.3) is 0 Å². The smallest absolute Gasteiger partial charge is 0.0317 e. The second-order valence-corrected chi connectivity index (χ2v) is 7.14. The average molecular weight is 396 g/mol. The summed E-state index contributed by atoms with van der Waals surface area (Å²) in [6.45, 7) is 5.57. The summed E-state index contributed by atoms with van der Waals surface area (Å²) in [6.07, 6.45) is 2.46. The monoisotopic (exact) mass is 395 g/mol. The Morgan fingerprint density at radius 1 is 1.04 bits per heavy atom. The molecule has 0 saturated carbocycles. The van der Waals surface area contributed by atoms with Crippen LogP contribution in [0.3, 0.4) is 0 Å². The first kappa shape index (κ1) is 22.8. The number of nitrogens with two attached hydrogens (primary N) is 1. The van der Waals surface area contributed by atoms with E-state index in [1.165, 1.54) is 30.5 Å². The van der Waals surface area contributed by atoms with Crippen LogP contribution in [0.15, 0.2) is 54.6 Å². The van der Waals surface area contributed by atoms with Gasteiger partial charge in [0.25, 0.3) is 0 Å². The van der Waals surface area contributed by atoms with E-state index in [9.17, 15) is 0 Å². The normalized spacial score (nSPS) is 20.3. The highest BCUT2D eigenvalue weighted by atomic mass is 35.5. The van der Waals surface area contributed by atoms with Crippen molar-refractivity contribution in [1.82, 2.24) is 9.80 Å². The molecule has 0 amide bonds. The summed E-state index contributed by atoms with van der Waals surface area (Å²) < 4.78 is 0. The first-order valence-corrected chi connectivity index (χ1v) is 8.94. The van der Waals surface area contributed by atoms with E-state index in [0.29, 0.717) is 12.1 Å². The second-order valence-electron chi connectivity index (χ2n) is 7.14. The molecule has 1 saturated heterocycles. The van der Waals surface area contributed by atoms with Gasteiger partial charge in [-0.2, -0.15) is 0 Å². The first-order valence-electron chi connectivity index (χ1n) is 8.94. The predicted molar refractivity (Wildman–Crippen MR) is 116 cm³/mol. The molecule has 2 aromatic carbocycles. The minimum Gasteiger partial charge on any atom is -0.399 e. The minimum absolute atomic E-state index is 0. The first-order chi connectivity index (χ1) is 11.6. The summed E-state index contributed by atoms with van der Waals surface area (Å²) in [4.78, 5) is 5.10. The lowest BCUT2D eigenvalue weighted by Crippen LogP contribution is -2.47. The molecule has 0 bridgehead atoms. The van der Waals surface area contributed by atoms with Crippen LogP contribution >= 0.6 is 24.8 Å². The number of piperidine rings is 1. The molecule has 0 aromatic heterocycles. The van der Waals surface area contributed by atoms with E-state index in [0.717, 1.165) is 18.8 Å². The summed E-state index contributed by atoms with van der Waals surface area (Å²) in [5, 5.41) is 0. The van der Waals surface area contributed by atoms with Gasteiger partial charge in [0.1, 0.15) is 0 Å². The molecule has 0 aliphatic carbocycles. The third-order valence-corrected chi connectivity index (χ3v) is 5.22. The Balaban J connectivity index is 0.00000169. The maximum absolute atomic E-state index is 5.90. The van der Waals surface area contributed by atoms with Gasteiger partial charge in [-0.1, -0.05) is 42.5 Å². The molecular weight excluding hydrogens is 365 g/mol. The molecule has 1 fully saturated rings. The van der Waals surface area contributed by atoms with E-state index in [4.69, 9.17) is 5.73 Å². The molecule has 1 aliphatic heterocycles. The average Bonchev–Trinajstić information content (AvgIpc) is 2.57. The van der Waals surface area contributed by atoms with Crippen molar-refractivity contribution < 1.29 is 0 Å². The van der Waals surface area contributed by atoms with Gasteiger partial charge in [-0.05, 0) is 50.1 Å². The van der Waals surface area contributed by atoms with E-state index < -0.39 is 0 Å². The number of anilines is 1. The highest BCUT2D eigenvalue weighted by Crippen LogP contribution is 2.24. The van der Waals surface area contributed by atoms with E-state index >= 15 is 0 Å². The molecule has 1 heterocycles. The lowest BCUT2D eigenvalue weighted by Gasteiger charge is -2.41. The summed E-state index contributed by atoms with van der Waals surface area (Å²) in [5.74, 6) is 0. The lowest BCUT2D eigenvalue weighted by atomic mass is 9.96. The molecule has 3 nitrogen and oxygen atoms in total. The molecule has 0 spiro atoms. The number of nitrogen functional groups attached to an aromatic ring is 1. The molecule has 1 aliphatic rings. The summed E-state index contributed by atoms with van der Waals surface area (Å²) in [6, 6.07) is 20.3. The van der Waals surface area contributed by atoms with E-state index in [1.54, 1.807) is 0 Å². The van der Waals surface area contributed by atoms with Crippen molar-refractivity contribution in [2.75, 3.05) is 19.3 Å². The van der Waals surface area contributed by atoms with E-state index in [2.05, 4.69) is 66.2 Å². The van der Waals surface area contributed by atoms with Crippen molar-refractivity contribution in [3.05, 3.63) is 65.7 Å². The van der Waals surface area contributed by atoms with Gasteiger partial charge in [-0.15, -0.1) is 24.8 Å². The quantitative estimate of drug-likeness (QED) is 0.750. The highest BCUT2D eigenvalue weighted by molar-refractivity contribution is 5.85. The van der Waals surface area contributed by atoms with Crippen molar-refractivity contribution in [2.45, 2.75) is 44.9 Å². The fraction of sp³-hybridized carbons (Fsp3) is 0.429. The van der Waals surface area contributed by atoms with Gasteiger partial charge in [0.05, 0.1) is 0 Å². The Morgan fingerprint density at radius 3 is 2.38 bits per heavy atom. The van der Waals surface area contributed by atoms with Crippen molar-refractivity contribution in [3.63, 3.8) is 0 Å². The van der Waals surface area contributed by atoms with Crippen LogP contribution in [-0.4, -0.2) is 35.5 Å². The molecule has 5 heteroatoms. The Labute approximate surface area is 170 Å². The Kier molecular flexibility index (Phi) is 9.45. The van der Waals surface area contributed by atoms with Crippen LogP contribution in [0.5, 0.6) is 0 Å². The van der Waals surface area contributed by atoms with Gasteiger partial charge >= 0.3 is 0 Å². The maximum Gasteiger partial charge on any atom is 0.0317 e. The maximum atomic E-state index is 5.90. The molecule has 144 valence electrons. The largest absolute Gasteiger partial charge is 0.399 e. The van der Waals surface area contributed by atoms with Gasteiger partial charge in [0.2, 0.25) is 0 Å². The molecule has 0 radical (unpaired) electrons. The number of halogens is 2. The summed E-state index contributed by atoms with van der Waals surface area (Å²) in [7, 11) is 2.24.